The van der Waals surface area contributed by atoms with Gasteiger partial charge in [-0.3, -0.25) is 4.90 Å². The van der Waals surface area contributed by atoms with Gasteiger partial charge in [-0.25, -0.2) is 4.79 Å². The highest BCUT2D eigenvalue weighted by Gasteiger charge is 2.29. The predicted molar refractivity (Wildman–Crippen MR) is 93.4 cm³/mol. The lowest BCUT2D eigenvalue weighted by atomic mass is 10.0. The van der Waals surface area contributed by atoms with Crippen LogP contribution < -0.4 is 10.1 Å². The quantitative estimate of drug-likeness (QED) is 0.905. The topological polar surface area (TPSA) is 44.8 Å². The van der Waals surface area contributed by atoms with E-state index < -0.39 is 0 Å². The largest absolute Gasteiger partial charge is 0.491 e. The highest BCUT2D eigenvalue weighted by atomic mass is 16.5. The number of piperazine rings is 1. The SMILES string of the molecule is O=C(N[C@@H]1COc2ccccc2C1)N1CCN(C2CCCC2)CC1. The average molecular weight is 329 g/mol. The Morgan fingerprint density at radius 3 is 2.62 bits per heavy atom. The molecule has 1 saturated heterocycles. The maximum atomic E-state index is 12.5. The number of hydrogen-bond acceptors (Lipinski definition) is 3. The summed E-state index contributed by atoms with van der Waals surface area (Å²) in [5, 5.41) is 3.16. The second-order valence-electron chi connectivity index (χ2n) is 7.23. The number of hydrogen-bond donors (Lipinski definition) is 1. The summed E-state index contributed by atoms with van der Waals surface area (Å²) in [6.07, 6.45) is 6.27. The highest BCUT2D eigenvalue weighted by Crippen LogP contribution is 2.25. The van der Waals surface area contributed by atoms with Gasteiger partial charge in [0.15, 0.2) is 0 Å². The molecule has 2 amide bonds. The molecule has 1 atom stereocenters. The molecule has 0 aromatic heterocycles. The number of nitrogens with zero attached hydrogens (tertiary/aromatic N) is 2. The molecule has 24 heavy (non-hydrogen) atoms. The second kappa shape index (κ2) is 7.01. The lowest BCUT2D eigenvalue weighted by Crippen LogP contribution is -2.56. The molecule has 0 unspecified atom stereocenters. The first-order valence-corrected chi connectivity index (χ1v) is 9.30. The van der Waals surface area contributed by atoms with E-state index in [4.69, 9.17) is 4.74 Å². The molecule has 5 nitrogen and oxygen atoms in total. The molecular formula is C19H27N3O2. The second-order valence-corrected chi connectivity index (χ2v) is 7.23. The predicted octanol–water partition coefficient (Wildman–Crippen LogP) is 2.26. The van der Waals surface area contributed by atoms with E-state index in [2.05, 4.69) is 16.3 Å². The molecule has 5 heteroatoms. The third kappa shape index (κ3) is 3.36. The zero-order chi connectivity index (χ0) is 16.4. The van der Waals surface area contributed by atoms with Crippen molar-refractivity contribution in [2.45, 2.75) is 44.2 Å². The minimum Gasteiger partial charge on any atom is -0.491 e. The smallest absolute Gasteiger partial charge is 0.317 e. The molecule has 1 aromatic rings. The standard InChI is InChI=1S/C19H27N3O2/c23-19(20-16-13-15-5-1-4-8-18(15)24-14-16)22-11-9-21(10-12-22)17-6-2-3-7-17/h1,4-5,8,16-17H,2-3,6-7,9-14H2,(H,20,23)/t16-/m0/s1. The van der Waals surface area contributed by atoms with E-state index in [9.17, 15) is 4.79 Å². The molecule has 3 aliphatic rings. The van der Waals surface area contributed by atoms with Crippen LogP contribution in [-0.2, 0) is 6.42 Å². The monoisotopic (exact) mass is 329 g/mol. The van der Waals surface area contributed by atoms with Gasteiger partial charge in [0.25, 0.3) is 0 Å². The molecule has 1 aliphatic carbocycles. The first-order chi connectivity index (χ1) is 11.8. The Bertz CT molecular complexity index is 578. The number of amides is 2. The van der Waals surface area contributed by atoms with E-state index in [0.717, 1.165) is 44.4 Å². The van der Waals surface area contributed by atoms with Gasteiger partial charge in [0.1, 0.15) is 12.4 Å². The number of ether oxygens (including phenoxy) is 1. The van der Waals surface area contributed by atoms with Crippen LogP contribution in [0.4, 0.5) is 4.79 Å². The Labute approximate surface area is 144 Å². The van der Waals surface area contributed by atoms with E-state index >= 15 is 0 Å². The normalized spacial score (nSPS) is 25.2. The maximum Gasteiger partial charge on any atom is 0.317 e. The van der Waals surface area contributed by atoms with Gasteiger partial charge in [-0.2, -0.15) is 0 Å². The first-order valence-electron chi connectivity index (χ1n) is 9.30. The van der Waals surface area contributed by atoms with Crippen LogP contribution in [0.25, 0.3) is 0 Å². The summed E-state index contributed by atoms with van der Waals surface area (Å²) in [5.41, 5.74) is 1.18. The van der Waals surface area contributed by atoms with Crippen molar-refractivity contribution in [3.05, 3.63) is 29.8 Å². The van der Waals surface area contributed by atoms with Crippen LogP contribution in [-0.4, -0.2) is 60.7 Å². The lowest BCUT2D eigenvalue weighted by molar-refractivity contribution is 0.106. The Hall–Kier alpha value is -1.75. The van der Waals surface area contributed by atoms with E-state index in [1.54, 1.807) is 0 Å². The van der Waals surface area contributed by atoms with E-state index in [1.165, 1.54) is 31.2 Å². The zero-order valence-electron chi connectivity index (χ0n) is 14.2. The van der Waals surface area contributed by atoms with Crippen LogP contribution in [0.3, 0.4) is 0 Å². The van der Waals surface area contributed by atoms with Gasteiger partial charge in [-0.15, -0.1) is 0 Å². The fraction of sp³-hybridized carbons (Fsp3) is 0.632. The van der Waals surface area contributed by atoms with Crippen molar-refractivity contribution in [3.8, 4) is 5.75 Å². The Morgan fingerprint density at radius 1 is 1.08 bits per heavy atom. The third-order valence-corrected chi connectivity index (χ3v) is 5.65. The van der Waals surface area contributed by atoms with E-state index in [1.807, 2.05) is 23.1 Å². The van der Waals surface area contributed by atoms with Crippen molar-refractivity contribution in [3.63, 3.8) is 0 Å². The first kappa shape index (κ1) is 15.8. The summed E-state index contributed by atoms with van der Waals surface area (Å²) in [7, 11) is 0. The number of rotatable bonds is 2. The maximum absolute atomic E-state index is 12.5. The van der Waals surface area contributed by atoms with Gasteiger partial charge < -0.3 is 15.0 Å². The lowest BCUT2D eigenvalue weighted by Gasteiger charge is -2.38. The molecule has 0 bridgehead atoms. The molecular weight excluding hydrogens is 302 g/mol. The molecule has 1 saturated carbocycles. The summed E-state index contributed by atoms with van der Waals surface area (Å²) in [6.45, 7) is 4.27. The molecule has 0 radical (unpaired) electrons. The third-order valence-electron chi connectivity index (χ3n) is 5.65. The Morgan fingerprint density at radius 2 is 1.83 bits per heavy atom. The molecule has 2 aliphatic heterocycles. The van der Waals surface area contributed by atoms with Gasteiger partial charge in [-0.1, -0.05) is 31.0 Å². The van der Waals surface area contributed by atoms with E-state index in [-0.39, 0.29) is 12.1 Å². The van der Waals surface area contributed by atoms with Gasteiger partial charge >= 0.3 is 6.03 Å². The molecule has 0 spiro atoms. The van der Waals surface area contributed by atoms with Crippen LogP contribution in [0.5, 0.6) is 5.75 Å². The summed E-state index contributed by atoms with van der Waals surface area (Å²) < 4.78 is 5.77. The van der Waals surface area contributed by atoms with Crippen molar-refractivity contribution in [1.82, 2.24) is 15.1 Å². The number of urea groups is 1. The van der Waals surface area contributed by atoms with Crippen LogP contribution >= 0.6 is 0 Å². The number of carbonyl (C=O) groups is 1. The average Bonchev–Trinajstić information content (AvgIpc) is 3.16. The van der Waals surface area contributed by atoms with Crippen LogP contribution in [0.2, 0.25) is 0 Å². The number of nitrogens with one attached hydrogen (secondary N) is 1. The fourth-order valence-electron chi connectivity index (χ4n) is 4.25. The fourth-order valence-corrected chi connectivity index (χ4v) is 4.25. The molecule has 4 rings (SSSR count). The Kier molecular flexibility index (Phi) is 4.60. The number of carbonyl (C=O) groups excluding carboxylic acids is 1. The summed E-state index contributed by atoms with van der Waals surface area (Å²) >= 11 is 0. The minimum atomic E-state index is 0.0639. The molecule has 2 heterocycles. The zero-order valence-corrected chi connectivity index (χ0v) is 14.2. The molecule has 1 N–H and O–H groups in total. The van der Waals surface area contributed by atoms with Crippen LogP contribution in [0.15, 0.2) is 24.3 Å². The van der Waals surface area contributed by atoms with Gasteiger partial charge in [0.2, 0.25) is 0 Å². The van der Waals surface area contributed by atoms with Crippen LogP contribution in [0, 0.1) is 0 Å². The highest BCUT2D eigenvalue weighted by molar-refractivity contribution is 5.74. The summed E-state index contributed by atoms with van der Waals surface area (Å²) in [5.74, 6) is 0.952. The van der Waals surface area contributed by atoms with Crippen molar-refractivity contribution in [1.29, 1.82) is 0 Å². The van der Waals surface area contributed by atoms with Crippen LogP contribution in [0.1, 0.15) is 31.2 Å². The summed E-state index contributed by atoms with van der Waals surface area (Å²) in [4.78, 5) is 17.1. The Balaban J connectivity index is 1.27. The number of fused-ring (bicyclic) bond motifs is 1. The van der Waals surface area contributed by atoms with Gasteiger partial charge in [-0.05, 0) is 30.9 Å². The van der Waals surface area contributed by atoms with Crippen molar-refractivity contribution in [2.75, 3.05) is 32.8 Å². The molecule has 2 fully saturated rings. The molecule has 1 aromatic carbocycles. The van der Waals surface area contributed by atoms with Gasteiger partial charge in [0.05, 0.1) is 6.04 Å². The van der Waals surface area contributed by atoms with Crippen molar-refractivity contribution >= 4 is 6.03 Å². The van der Waals surface area contributed by atoms with Crippen molar-refractivity contribution in [2.24, 2.45) is 0 Å². The van der Waals surface area contributed by atoms with E-state index in [0.29, 0.717) is 6.61 Å². The van der Waals surface area contributed by atoms with Crippen molar-refractivity contribution < 1.29 is 9.53 Å². The summed E-state index contributed by atoms with van der Waals surface area (Å²) in [6, 6.07) is 8.98. The number of benzene rings is 1. The van der Waals surface area contributed by atoms with Gasteiger partial charge in [0, 0.05) is 32.2 Å². The minimum absolute atomic E-state index is 0.0639. The molecule has 130 valence electrons. The number of para-hydroxylation sites is 1.